The van der Waals surface area contributed by atoms with Gasteiger partial charge in [-0.3, -0.25) is 0 Å². The monoisotopic (exact) mass is 205 g/mol. The molecular weight excluding hydrogens is 186 g/mol. The summed E-state index contributed by atoms with van der Waals surface area (Å²) >= 11 is 0. The first-order valence-corrected chi connectivity index (χ1v) is 5.59. The van der Waals surface area contributed by atoms with Crippen LogP contribution in [0.3, 0.4) is 0 Å². The smallest absolute Gasteiger partial charge is 0.0713 e. The van der Waals surface area contributed by atoms with Gasteiger partial charge in [0.1, 0.15) is 0 Å². The third-order valence-corrected chi connectivity index (χ3v) is 2.98. The van der Waals surface area contributed by atoms with Gasteiger partial charge in [0.2, 0.25) is 0 Å². The van der Waals surface area contributed by atoms with E-state index in [2.05, 4.69) is 36.5 Å². The highest BCUT2D eigenvalue weighted by Crippen LogP contribution is 2.29. The van der Waals surface area contributed by atoms with Crippen LogP contribution in [0.2, 0.25) is 0 Å². The average Bonchev–Trinajstić information content (AvgIpc) is 2.93. The van der Waals surface area contributed by atoms with Gasteiger partial charge < -0.3 is 10.1 Å². The van der Waals surface area contributed by atoms with Crippen LogP contribution in [0, 0.1) is 5.92 Å². The molecule has 0 aromatic heterocycles. The molecule has 0 radical (unpaired) electrons. The van der Waals surface area contributed by atoms with Crippen LogP contribution in [-0.4, -0.2) is 13.2 Å². The van der Waals surface area contributed by atoms with Gasteiger partial charge in [-0.2, -0.15) is 0 Å². The maximum Gasteiger partial charge on any atom is 0.0713 e. The van der Waals surface area contributed by atoms with Crippen LogP contribution in [0.25, 0.3) is 0 Å². The Balaban J connectivity index is 1.87. The molecule has 1 N–H and O–H groups in total. The molecule has 1 aromatic rings. The van der Waals surface area contributed by atoms with Crippen molar-refractivity contribution < 1.29 is 4.74 Å². The summed E-state index contributed by atoms with van der Waals surface area (Å²) in [4.78, 5) is 0. The molecule has 1 aliphatic rings. The molecule has 0 aliphatic heterocycles. The zero-order valence-electron chi connectivity index (χ0n) is 9.49. The predicted octanol–water partition coefficient (Wildman–Crippen LogP) is 2.33. The second-order valence-electron chi connectivity index (χ2n) is 4.45. The van der Waals surface area contributed by atoms with Crippen molar-refractivity contribution in [3.05, 3.63) is 35.4 Å². The Morgan fingerprint density at radius 2 is 2.13 bits per heavy atom. The number of hydrogen-bond donors (Lipinski definition) is 1. The second-order valence-corrected chi connectivity index (χ2v) is 4.45. The Morgan fingerprint density at radius 3 is 2.80 bits per heavy atom. The Bertz CT molecular complexity index is 324. The van der Waals surface area contributed by atoms with E-state index >= 15 is 0 Å². The highest BCUT2D eigenvalue weighted by molar-refractivity contribution is 5.23. The Labute approximate surface area is 91.6 Å². The number of ether oxygens (including phenoxy) is 1. The maximum absolute atomic E-state index is 5.12. The van der Waals surface area contributed by atoms with Crippen LogP contribution in [0.4, 0.5) is 0 Å². The van der Waals surface area contributed by atoms with Crippen molar-refractivity contribution >= 4 is 0 Å². The minimum atomic E-state index is 0.702. The normalized spacial score (nSPS) is 24.1. The summed E-state index contributed by atoms with van der Waals surface area (Å²) in [6, 6.07) is 9.33. The first-order valence-electron chi connectivity index (χ1n) is 5.59. The largest absolute Gasteiger partial charge is 0.380 e. The molecule has 0 heterocycles. The van der Waals surface area contributed by atoms with Gasteiger partial charge in [-0.25, -0.2) is 0 Å². The van der Waals surface area contributed by atoms with E-state index in [4.69, 9.17) is 4.74 Å². The lowest BCUT2D eigenvalue weighted by Gasteiger charge is -2.06. The number of hydrogen-bond acceptors (Lipinski definition) is 2. The van der Waals surface area contributed by atoms with Gasteiger partial charge in [0.05, 0.1) is 6.61 Å². The minimum Gasteiger partial charge on any atom is -0.380 e. The van der Waals surface area contributed by atoms with Crippen LogP contribution in [0.5, 0.6) is 0 Å². The molecule has 2 nitrogen and oxygen atoms in total. The summed E-state index contributed by atoms with van der Waals surface area (Å²) in [6.45, 7) is 3.97. The average molecular weight is 205 g/mol. The van der Waals surface area contributed by atoms with E-state index in [-0.39, 0.29) is 0 Å². The molecule has 1 fully saturated rings. The van der Waals surface area contributed by atoms with Crippen molar-refractivity contribution in [1.82, 2.24) is 5.32 Å². The van der Waals surface area contributed by atoms with Crippen molar-refractivity contribution in [2.75, 3.05) is 7.11 Å². The fraction of sp³-hybridized carbons (Fsp3) is 0.538. The van der Waals surface area contributed by atoms with Gasteiger partial charge in [-0.05, 0) is 23.5 Å². The zero-order chi connectivity index (χ0) is 10.7. The van der Waals surface area contributed by atoms with E-state index in [9.17, 15) is 0 Å². The standard InChI is InChI=1S/C13H19NO/c1-10-6-13(10)14-8-11-4-3-5-12(7-11)9-15-2/h3-5,7,10,13-14H,6,8-9H2,1-2H3. The molecule has 0 amide bonds. The Hall–Kier alpha value is -0.860. The number of nitrogens with one attached hydrogen (secondary N) is 1. The summed E-state index contributed by atoms with van der Waals surface area (Å²) in [5.74, 6) is 0.868. The number of methoxy groups -OCH3 is 1. The van der Waals surface area contributed by atoms with Gasteiger partial charge in [0.25, 0.3) is 0 Å². The van der Waals surface area contributed by atoms with E-state index in [1.165, 1.54) is 17.5 Å². The van der Waals surface area contributed by atoms with Crippen LogP contribution in [-0.2, 0) is 17.9 Å². The van der Waals surface area contributed by atoms with E-state index in [1.54, 1.807) is 7.11 Å². The van der Waals surface area contributed by atoms with Gasteiger partial charge in [-0.1, -0.05) is 31.2 Å². The third-order valence-electron chi connectivity index (χ3n) is 2.98. The van der Waals surface area contributed by atoms with E-state index < -0.39 is 0 Å². The summed E-state index contributed by atoms with van der Waals surface area (Å²) < 4.78 is 5.12. The molecule has 2 unspecified atom stereocenters. The van der Waals surface area contributed by atoms with E-state index in [1.807, 2.05) is 0 Å². The topological polar surface area (TPSA) is 21.3 Å². The third kappa shape index (κ3) is 3.05. The van der Waals surface area contributed by atoms with Crippen molar-refractivity contribution in [2.24, 2.45) is 5.92 Å². The fourth-order valence-electron chi connectivity index (χ4n) is 1.85. The molecule has 2 atom stereocenters. The molecule has 0 spiro atoms. The lowest BCUT2D eigenvalue weighted by atomic mass is 10.1. The Kier molecular flexibility index (Phi) is 3.39. The second kappa shape index (κ2) is 4.77. The number of benzene rings is 1. The van der Waals surface area contributed by atoms with Gasteiger partial charge in [0.15, 0.2) is 0 Å². The van der Waals surface area contributed by atoms with E-state index in [0.717, 1.165) is 18.5 Å². The summed E-state index contributed by atoms with van der Waals surface area (Å²) in [5.41, 5.74) is 2.60. The molecular formula is C13H19NO. The van der Waals surface area contributed by atoms with Crippen LogP contribution >= 0.6 is 0 Å². The predicted molar refractivity (Wildman–Crippen MR) is 61.6 cm³/mol. The van der Waals surface area contributed by atoms with Gasteiger partial charge in [-0.15, -0.1) is 0 Å². The maximum atomic E-state index is 5.12. The van der Waals surface area contributed by atoms with E-state index in [0.29, 0.717) is 6.61 Å². The molecule has 2 rings (SSSR count). The SMILES string of the molecule is COCc1cccc(CNC2CC2C)c1. The summed E-state index contributed by atoms with van der Waals surface area (Å²) in [6.07, 6.45) is 1.33. The summed E-state index contributed by atoms with van der Waals surface area (Å²) in [5, 5.41) is 3.55. The molecule has 15 heavy (non-hydrogen) atoms. The number of rotatable bonds is 5. The molecule has 82 valence electrons. The minimum absolute atomic E-state index is 0.702. The highest BCUT2D eigenvalue weighted by Gasteiger charge is 2.31. The van der Waals surface area contributed by atoms with Crippen LogP contribution in [0.15, 0.2) is 24.3 Å². The zero-order valence-corrected chi connectivity index (χ0v) is 9.49. The van der Waals surface area contributed by atoms with Crippen LogP contribution < -0.4 is 5.32 Å². The van der Waals surface area contributed by atoms with Crippen molar-refractivity contribution in [2.45, 2.75) is 32.5 Å². The van der Waals surface area contributed by atoms with Crippen LogP contribution in [0.1, 0.15) is 24.5 Å². The first-order chi connectivity index (χ1) is 7.29. The fourth-order valence-corrected chi connectivity index (χ4v) is 1.85. The lowest BCUT2D eigenvalue weighted by Crippen LogP contribution is -2.17. The Morgan fingerprint density at radius 1 is 1.40 bits per heavy atom. The molecule has 1 saturated carbocycles. The molecule has 1 aliphatic carbocycles. The molecule has 1 aromatic carbocycles. The molecule has 0 saturated heterocycles. The first kappa shape index (κ1) is 10.7. The highest BCUT2D eigenvalue weighted by atomic mass is 16.5. The molecule has 0 bridgehead atoms. The quantitative estimate of drug-likeness (QED) is 0.796. The van der Waals surface area contributed by atoms with Gasteiger partial charge >= 0.3 is 0 Å². The molecule has 2 heteroatoms. The van der Waals surface area contributed by atoms with Gasteiger partial charge in [0, 0.05) is 19.7 Å². The van der Waals surface area contributed by atoms with Crippen molar-refractivity contribution in [3.8, 4) is 0 Å². The lowest BCUT2D eigenvalue weighted by molar-refractivity contribution is 0.185. The summed E-state index contributed by atoms with van der Waals surface area (Å²) in [7, 11) is 1.73. The van der Waals surface area contributed by atoms with Crippen molar-refractivity contribution in [3.63, 3.8) is 0 Å². The van der Waals surface area contributed by atoms with Crippen molar-refractivity contribution in [1.29, 1.82) is 0 Å².